The highest BCUT2D eigenvalue weighted by molar-refractivity contribution is 6.48. The first kappa shape index (κ1) is 23.4. The largest absolute Gasteiger partial charge is 0.0616 e. The molecule has 0 aliphatic rings. The fraction of sp³-hybridized carbons (Fsp3) is 0. The van der Waals surface area contributed by atoms with E-state index >= 15 is 0 Å². The average molecular weight is 577 g/mol. The molecule has 0 radical (unpaired) electrons. The van der Waals surface area contributed by atoms with Crippen LogP contribution in [-0.4, -0.2) is 0 Å². The van der Waals surface area contributed by atoms with Crippen molar-refractivity contribution in [1.82, 2.24) is 0 Å². The van der Waals surface area contributed by atoms with E-state index in [1.54, 1.807) is 0 Å². The normalized spacial score (nSPS) is 12.8. The molecule has 0 saturated heterocycles. The van der Waals surface area contributed by atoms with Gasteiger partial charge in [0, 0.05) is 0 Å². The first-order valence-corrected chi connectivity index (χ1v) is 16.2. The first-order valence-electron chi connectivity index (χ1n) is 16.2. The minimum absolute atomic E-state index is 1.29. The third-order valence-electron chi connectivity index (χ3n) is 11.0. The Balaban J connectivity index is 1.51. The second kappa shape index (κ2) is 7.99. The van der Waals surface area contributed by atoms with Gasteiger partial charge in [0.05, 0.1) is 0 Å². The number of hydrogen-bond donors (Lipinski definition) is 0. The van der Waals surface area contributed by atoms with Crippen molar-refractivity contribution in [3.63, 3.8) is 0 Å². The van der Waals surface area contributed by atoms with Gasteiger partial charge in [-0.15, -0.1) is 0 Å². The van der Waals surface area contributed by atoms with Gasteiger partial charge in [-0.1, -0.05) is 121 Å². The second-order valence-corrected chi connectivity index (χ2v) is 13.2. The Hall–Kier alpha value is -5.98. The lowest BCUT2D eigenvalue weighted by Gasteiger charge is -2.22. The van der Waals surface area contributed by atoms with Gasteiger partial charge in [0.2, 0.25) is 0 Å². The Morgan fingerprint density at radius 2 is 0.587 bits per heavy atom. The summed E-state index contributed by atoms with van der Waals surface area (Å²) in [6.45, 7) is 0. The maximum atomic E-state index is 2.55. The summed E-state index contributed by atoms with van der Waals surface area (Å²) in [6, 6.07) is 55.2. The van der Waals surface area contributed by atoms with E-state index < -0.39 is 0 Å². The highest BCUT2D eigenvalue weighted by atomic mass is 14.3. The monoisotopic (exact) mass is 576 g/mol. The van der Waals surface area contributed by atoms with E-state index in [1.165, 1.54) is 118 Å². The van der Waals surface area contributed by atoms with Crippen LogP contribution in [0, 0.1) is 0 Å². The van der Waals surface area contributed by atoms with E-state index in [1.807, 2.05) is 0 Å². The summed E-state index contributed by atoms with van der Waals surface area (Å²) in [6.07, 6.45) is 0. The molecule has 12 aromatic carbocycles. The molecule has 0 fully saturated rings. The van der Waals surface area contributed by atoms with Gasteiger partial charge >= 0.3 is 0 Å². The minimum Gasteiger partial charge on any atom is -0.0616 e. The van der Waals surface area contributed by atoms with Gasteiger partial charge in [0.15, 0.2) is 0 Å². The van der Waals surface area contributed by atoms with E-state index in [0.717, 1.165) is 0 Å². The molecule has 0 heterocycles. The molecule has 0 nitrogen and oxygen atoms in total. The number of rotatable bonds is 0. The van der Waals surface area contributed by atoms with E-state index in [2.05, 4.69) is 146 Å². The molecule has 0 bridgehead atoms. The number of benzene rings is 12. The maximum Gasteiger partial charge on any atom is -0.000718 e. The van der Waals surface area contributed by atoms with Gasteiger partial charge in [0.25, 0.3) is 0 Å². The van der Waals surface area contributed by atoms with E-state index in [9.17, 15) is 0 Å². The molecule has 12 rings (SSSR count). The molecule has 0 N–H and O–H groups in total. The third kappa shape index (κ3) is 2.66. The van der Waals surface area contributed by atoms with Gasteiger partial charge in [-0.05, 0) is 143 Å². The molecule has 0 amide bonds. The van der Waals surface area contributed by atoms with Gasteiger partial charge in [-0.25, -0.2) is 0 Å². The molecule has 0 saturated carbocycles. The third-order valence-corrected chi connectivity index (χ3v) is 11.0. The summed E-state index contributed by atoms with van der Waals surface area (Å²) in [5, 5.41) is 29.5. The summed E-state index contributed by atoms with van der Waals surface area (Å²) in [5.74, 6) is 0. The highest BCUT2D eigenvalue weighted by Crippen LogP contribution is 2.52. The quantitative estimate of drug-likeness (QED) is 0.124. The van der Waals surface area contributed by atoms with Gasteiger partial charge in [-0.2, -0.15) is 0 Å². The predicted molar refractivity (Wildman–Crippen MR) is 201 cm³/mol. The van der Waals surface area contributed by atoms with Gasteiger partial charge in [0.1, 0.15) is 0 Å². The maximum absolute atomic E-state index is 2.55. The summed E-state index contributed by atoms with van der Waals surface area (Å²) in [7, 11) is 0. The standard InChI is InChI=1S/C46H24/c1-3-11-29-25(9-1)21-27-17-18-28-23-37-30-12-4-2-10-26(30)22-38-36-20-19-35-33-15-6-5-13-31(33)32-14-7-8-16-34(32)43(35)44(36)40-24-39(29)41(27)42(28)46(40)45(37)38/h1-24H. The van der Waals surface area contributed by atoms with E-state index in [-0.39, 0.29) is 0 Å². The predicted octanol–water partition coefficient (Wildman–Crippen LogP) is 13.2. The van der Waals surface area contributed by atoms with Crippen molar-refractivity contribution in [2.45, 2.75) is 0 Å². The fourth-order valence-corrected chi connectivity index (χ4v) is 9.23. The lowest BCUT2D eigenvalue weighted by Crippen LogP contribution is -1.94. The molecule has 208 valence electrons. The van der Waals surface area contributed by atoms with Crippen LogP contribution in [0.5, 0.6) is 0 Å². The van der Waals surface area contributed by atoms with Crippen LogP contribution in [0.15, 0.2) is 146 Å². The van der Waals surface area contributed by atoms with Crippen LogP contribution in [0.3, 0.4) is 0 Å². The minimum atomic E-state index is 1.29. The van der Waals surface area contributed by atoms with Gasteiger partial charge < -0.3 is 0 Å². The van der Waals surface area contributed by atoms with Crippen LogP contribution >= 0.6 is 0 Å². The molecule has 0 aromatic heterocycles. The molecule has 0 spiro atoms. The van der Waals surface area contributed by atoms with Crippen molar-refractivity contribution in [2.75, 3.05) is 0 Å². The molecule has 0 atom stereocenters. The van der Waals surface area contributed by atoms with Crippen molar-refractivity contribution in [1.29, 1.82) is 0 Å². The van der Waals surface area contributed by atoms with Crippen molar-refractivity contribution in [3.8, 4) is 0 Å². The van der Waals surface area contributed by atoms with Crippen molar-refractivity contribution in [2.24, 2.45) is 0 Å². The smallest absolute Gasteiger partial charge is 0.000718 e. The lowest BCUT2D eigenvalue weighted by molar-refractivity contribution is 1.79. The Morgan fingerprint density at radius 3 is 1.28 bits per heavy atom. The summed E-state index contributed by atoms with van der Waals surface area (Å²) >= 11 is 0. The highest BCUT2D eigenvalue weighted by Gasteiger charge is 2.23. The molecule has 12 aromatic rings. The fourth-order valence-electron chi connectivity index (χ4n) is 9.23. The van der Waals surface area contributed by atoms with E-state index in [0.29, 0.717) is 0 Å². The van der Waals surface area contributed by atoms with Crippen LogP contribution in [0.1, 0.15) is 0 Å². The van der Waals surface area contributed by atoms with Crippen LogP contribution < -0.4 is 0 Å². The van der Waals surface area contributed by atoms with Crippen LogP contribution in [-0.2, 0) is 0 Å². The average Bonchev–Trinajstić information content (AvgIpc) is 3.12. The molecule has 0 aliphatic heterocycles. The Bertz CT molecular complexity index is 3250. The van der Waals surface area contributed by atoms with Crippen LogP contribution in [0.2, 0.25) is 0 Å². The number of hydrogen-bond acceptors (Lipinski definition) is 0. The molecular formula is C46H24. The Labute approximate surface area is 263 Å². The zero-order chi connectivity index (χ0) is 29.7. The summed E-state index contributed by atoms with van der Waals surface area (Å²) in [4.78, 5) is 0. The second-order valence-electron chi connectivity index (χ2n) is 13.2. The molecule has 0 heteroatoms. The van der Waals surface area contributed by atoms with Crippen molar-refractivity contribution in [3.05, 3.63) is 146 Å². The Morgan fingerprint density at radius 1 is 0.174 bits per heavy atom. The summed E-state index contributed by atoms with van der Waals surface area (Å²) in [5.41, 5.74) is 0. The zero-order valence-corrected chi connectivity index (χ0v) is 24.9. The summed E-state index contributed by atoms with van der Waals surface area (Å²) < 4.78 is 0. The zero-order valence-electron chi connectivity index (χ0n) is 24.9. The molecule has 0 aliphatic carbocycles. The van der Waals surface area contributed by atoms with Crippen molar-refractivity contribution < 1.29 is 0 Å². The number of fused-ring (bicyclic) bond motifs is 14. The van der Waals surface area contributed by atoms with Crippen LogP contribution in [0.25, 0.3) is 118 Å². The molecule has 46 heavy (non-hydrogen) atoms. The first-order chi connectivity index (χ1) is 22.8. The van der Waals surface area contributed by atoms with Crippen LogP contribution in [0.4, 0.5) is 0 Å². The molecule has 0 unspecified atom stereocenters. The van der Waals surface area contributed by atoms with Gasteiger partial charge in [-0.3, -0.25) is 0 Å². The SMILES string of the molecule is c1ccc2c(c1)cc1ccc3cc4c5ccccc5cc5c6ccc7c8ccccc8c8ccccc8c7c6c6cc2c1c3c6c45. The van der Waals surface area contributed by atoms with Crippen molar-refractivity contribution >= 4 is 118 Å². The Kier molecular flexibility index (Phi) is 4.07. The topological polar surface area (TPSA) is 0 Å². The van der Waals surface area contributed by atoms with E-state index in [4.69, 9.17) is 0 Å². The lowest BCUT2D eigenvalue weighted by atomic mass is 9.80. The molecular weight excluding hydrogens is 553 g/mol.